The second-order valence-corrected chi connectivity index (χ2v) is 6.14. The summed E-state index contributed by atoms with van der Waals surface area (Å²) in [4.78, 5) is 0. The Morgan fingerprint density at radius 3 is 2.63 bits per heavy atom. The van der Waals surface area contributed by atoms with Crippen LogP contribution in [0.3, 0.4) is 0 Å². The summed E-state index contributed by atoms with van der Waals surface area (Å²) < 4.78 is 30.2. The summed E-state index contributed by atoms with van der Waals surface area (Å²) in [6, 6.07) is 7.24. The van der Waals surface area contributed by atoms with Crippen LogP contribution in [0.1, 0.15) is 11.3 Å². The minimum atomic E-state index is -3.41. The number of aromatic nitrogens is 1. The van der Waals surface area contributed by atoms with Gasteiger partial charge in [-0.25, -0.2) is 12.4 Å². The van der Waals surface area contributed by atoms with Crippen molar-refractivity contribution in [2.24, 2.45) is 0 Å². The zero-order valence-electron chi connectivity index (χ0n) is 11.0. The Labute approximate surface area is 112 Å². The van der Waals surface area contributed by atoms with Gasteiger partial charge < -0.3 is 4.74 Å². The molecule has 0 unspecified atom stereocenters. The average Bonchev–Trinajstić information content (AvgIpc) is 2.62. The van der Waals surface area contributed by atoms with Crippen LogP contribution < -0.4 is 4.74 Å². The minimum absolute atomic E-state index is 0.165. The van der Waals surface area contributed by atoms with Gasteiger partial charge in [-0.2, -0.15) is 5.26 Å². The molecule has 0 aliphatic carbocycles. The van der Waals surface area contributed by atoms with Crippen molar-refractivity contribution in [2.75, 3.05) is 13.4 Å². The SMILES string of the molecule is COc1ccc2c(c1)c(CC#N)c(C)n2S(C)(=O)=O. The van der Waals surface area contributed by atoms with Gasteiger partial charge in [-0.3, -0.25) is 0 Å². The first-order chi connectivity index (χ1) is 8.90. The second-order valence-electron chi connectivity index (χ2n) is 4.31. The lowest BCUT2D eigenvalue weighted by atomic mass is 10.1. The van der Waals surface area contributed by atoms with E-state index in [4.69, 9.17) is 10.00 Å². The number of rotatable bonds is 3. The van der Waals surface area contributed by atoms with Gasteiger partial charge in [-0.15, -0.1) is 0 Å². The van der Waals surface area contributed by atoms with Gasteiger partial charge in [-0.1, -0.05) is 0 Å². The number of benzene rings is 1. The third-order valence-corrected chi connectivity index (χ3v) is 4.21. The molecule has 0 fully saturated rings. The van der Waals surface area contributed by atoms with Gasteiger partial charge in [0.25, 0.3) is 0 Å². The molecule has 0 saturated heterocycles. The number of hydrogen-bond acceptors (Lipinski definition) is 4. The highest BCUT2D eigenvalue weighted by Crippen LogP contribution is 2.30. The summed E-state index contributed by atoms with van der Waals surface area (Å²) in [5.41, 5.74) is 1.88. The van der Waals surface area contributed by atoms with E-state index >= 15 is 0 Å². The van der Waals surface area contributed by atoms with E-state index in [1.165, 1.54) is 3.97 Å². The van der Waals surface area contributed by atoms with Gasteiger partial charge in [0.2, 0.25) is 10.0 Å². The number of ether oxygens (including phenoxy) is 1. The molecule has 0 radical (unpaired) electrons. The molecule has 5 nitrogen and oxygen atoms in total. The summed E-state index contributed by atoms with van der Waals surface area (Å²) >= 11 is 0. The third-order valence-electron chi connectivity index (χ3n) is 3.08. The molecule has 0 atom stereocenters. The Bertz CT molecular complexity index is 782. The summed E-state index contributed by atoms with van der Waals surface area (Å²) in [6.07, 6.45) is 1.32. The first kappa shape index (κ1) is 13.4. The Balaban J connectivity index is 2.93. The lowest BCUT2D eigenvalue weighted by molar-refractivity contribution is 0.415. The van der Waals surface area contributed by atoms with Crippen molar-refractivity contribution in [3.05, 3.63) is 29.5 Å². The van der Waals surface area contributed by atoms with Gasteiger partial charge in [0.15, 0.2) is 0 Å². The van der Waals surface area contributed by atoms with E-state index < -0.39 is 10.0 Å². The van der Waals surface area contributed by atoms with E-state index in [2.05, 4.69) is 6.07 Å². The average molecular weight is 278 g/mol. The molecule has 0 bridgehead atoms. The molecule has 0 amide bonds. The van der Waals surface area contributed by atoms with Crippen molar-refractivity contribution >= 4 is 20.9 Å². The van der Waals surface area contributed by atoms with E-state index in [1.807, 2.05) is 0 Å². The summed E-state index contributed by atoms with van der Waals surface area (Å²) in [6.45, 7) is 1.71. The van der Waals surface area contributed by atoms with Gasteiger partial charge in [0, 0.05) is 11.1 Å². The largest absolute Gasteiger partial charge is 0.497 e. The zero-order valence-corrected chi connectivity index (χ0v) is 11.8. The monoisotopic (exact) mass is 278 g/mol. The molecule has 1 aromatic heterocycles. The predicted molar refractivity (Wildman–Crippen MR) is 72.8 cm³/mol. The second kappa shape index (κ2) is 4.59. The molecule has 0 aliphatic heterocycles. The fourth-order valence-electron chi connectivity index (χ4n) is 2.29. The van der Waals surface area contributed by atoms with Gasteiger partial charge in [-0.05, 0) is 30.7 Å². The summed E-state index contributed by atoms with van der Waals surface area (Å²) in [5.74, 6) is 0.636. The maximum Gasteiger partial charge on any atom is 0.236 e. The van der Waals surface area contributed by atoms with Gasteiger partial charge in [0.1, 0.15) is 5.75 Å². The highest BCUT2D eigenvalue weighted by molar-refractivity contribution is 7.89. The van der Waals surface area contributed by atoms with E-state index in [-0.39, 0.29) is 6.42 Å². The Morgan fingerprint density at radius 1 is 1.42 bits per heavy atom. The maximum atomic E-state index is 11.9. The number of nitriles is 1. The van der Waals surface area contributed by atoms with Crippen LogP contribution in [0.4, 0.5) is 0 Å². The Hall–Kier alpha value is -2.00. The van der Waals surface area contributed by atoms with Gasteiger partial charge in [0.05, 0.1) is 31.4 Å². The molecule has 0 saturated carbocycles. The molecule has 1 aromatic carbocycles. The van der Waals surface area contributed by atoms with Crippen molar-refractivity contribution in [1.29, 1.82) is 5.26 Å². The van der Waals surface area contributed by atoms with Crippen molar-refractivity contribution in [3.63, 3.8) is 0 Å². The first-order valence-corrected chi connectivity index (χ1v) is 7.50. The van der Waals surface area contributed by atoms with Crippen molar-refractivity contribution in [2.45, 2.75) is 13.3 Å². The predicted octanol–water partition coefficient (Wildman–Crippen LogP) is 1.83. The number of methoxy groups -OCH3 is 1. The Morgan fingerprint density at radius 2 is 2.11 bits per heavy atom. The van der Waals surface area contributed by atoms with Crippen LogP contribution in [0.2, 0.25) is 0 Å². The van der Waals surface area contributed by atoms with Crippen LogP contribution in [0, 0.1) is 18.3 Å². The van der Waals surface area contributed by atoms with Crippen LogP contribution in [-0.2, 0) is 16.4 Å². The minimum Gasteiger partial charge on any atom is -0.497 e. The number of fused-ring (bicyclic) bond motifs is 1. The molecule has 1 heterocycles. The van der Waals surface area contributed by atoms with Crippen molar-refractivity contribution in [1.82, 2.24) is 3.97 Å². The van der Waals surface area contributed by atoms with Crippen LogP contribution in [-0.4, -0.2) is 25.8 Å². The molecular formula is C13H14N2O3S. The first-order valence-electron chi connectivity index (χ1n) is 5.65. The van der Waals surface area contributed by atoms with Crippen LogP contribution >= 0.6 is 0 Å². The molecule has 2 rings (SSSR count). The molecule has 0 spiro atoms. The number of hydrogen-bond donors (Lipinski definition) is 0. The molecule has 100 valence electrons. The van der Waals surface area contributed by atoms with E-state index in [0.717, 1.165) is 17.2 Å². The standard InChI is InChI=1S/C13H14N2O3S/c1-9-11(6-7-14)12-8-10(18-2)4-5-13(12)15(9)19(3,16)17/h4-5,8H,6H2,1-3H3. The normalized spacial score (nSPS) is 11.5. The zero-order chi connectivity index (χ0) is 14.2. The topological polar surface area (TPSA) is 72.1 Å². The lowest BCUT2D eigenvalue weighted by Gasteiger charge is -2.05. The highest BCUT2D eigenvalue weighted by atomic mass is 32.2. The molecular weight excluding hydrogens is 264 g/mol. The Kier molecular flexibility index (Phi) is 3.25. The molecule has 2 aromatic rings. The third kappa shape index (κ3) is 2.17. The van der Waals surface area contributed by atoms with Crippen molar-refractivity contribution < 1.29 is 13.2 Å². The van der Waals surface area contributed by atoms with Crippen LogP contribution in [0.25, 0.3) is 10.9 Å². The van der Waals surface area contributed by atoms with Crippen LogP contribution in [0.15, 0.2) is 18.2 Å². The molecule has 19 heavy (non-hydrogen) atoms. The fourth-order valence-corrected chi connectivity index (χ4v) is 3.41. The quantitative estimate of drug-likeness (QED) is 0.858. The lowest BCUT2D eigenvalue weighted by Crippen LogP contribution is -2.11. The number of nitrogens with zero attached hydrogens (tertiary/aromatic N) is 2. The smallest absolute Gasteiger partial charge is 0.236 e. The summed E-state index contributed by atoms with van der Waals surface area (Å²) in [7, 11) is -1.86. The summed E-state index contributed by atoms with van der Waals surface area (Å²) in [5, 5.41) is 9.64. The molecule has 0 N–H and O–H groups in total. The van der Waals surface area contributed by atoms with E-state index in [0.29, 0.717) is 17.0 Å². The molecule has 0 aliphatic rings. The van der Waals surface area contributed by atoms with E-state index in [9.17, 15) is 8.42 Å². The maximum absolute atomic E-state index is 11.9. The van der Waals surface area contributed by atoms with Crippen molar-refractivity contribution in [3.8, 4) is 11.8 Å². The fraction of sp³-hybridized carbons (Fsp3) is 0.308. The highest BCUT2D eigenvalue weighted by Gasteiger charge is 2.19. The van der Waals surface area contributed by atoms with Crippen LogP contribution in [0.5, 0.6) is 5.75 Å². The van der Waals surface area contributed by atoms with Gasteiger partial charge >= 0.3 is 0 Å². The molecule has 6 heteroatoms. The van der Waals surface area contributed by atoms with E-state index in [1.54, 1.807) is 32.2 Å².